The Morgan fingerprint density at radius 3 is 2.27 bits per heavy atom. The molecule has 0 aliphatic rings. The van der Waals surface area contributed by atoms with E-state index in [2.05, 4.69) is 77.1 Å². The molecule has 22 heavy (non-hydrogen) atoms. The normalized spacial score (nSPS) is 11.6. The van der Waals surface area contributed by atoms with Gasteiger partial charge in [0.05, 0.1) is 5.52 Å². The molecule has 1 nitrogen and oxygen atoms in total. The molecule has 0 atom stereocenters. The summed E-state index contributed by atoms with van der Waals surface area (Å²) >= 11 is 1.80. The second-order valence-electron chi connectivity index (χ2n) is 5.54. The lowest BCUT2D eigenvalue weighted by atomic mass is 9.99. The average molecular weight is 299 g/mol. The fraction of sp³-hybridized carbons (Fsp3) is 0. The van der Waals surface area contributed by atoms with Crippen molar-refractivity contribution in [3.63, 3.8) is 0 Å². The smallest absolute Gasteiger partial charge is 0.0544 e. The Hall–Kier alpha value is -2.58. The van der Waals surface area contributed by atoms with Gasteiger partial charge in [-0.05, 0) is 29.0 Å². The van der Waals surface area contributed by atoms with Gasteiger partial charge in [-0.1, -0.05) is 48.5 Å². The Labute approximate surface area is 131 Å². The SMILES string of the molecule is c1csc(-c2cc3c4ccccc4[nH]c3c3ccccc23)c1. The molecule has 2 heterocycles. The third-order valence-corrected chi connectivity index (χ3v) is 5.21. The quantitative estimate of drug-likeness (QED) is 0.379. The van der Waals surface area contributed by atoms with E-state index in [1.54, 1.807) is 11.3 Å². The molecule has 1 N–H and O–H groups in total. The van der Waals surface area contributed by atoms with Crippen LogP contribution in [0.2, 0.25) is 0 Å². The van der Waals surface area contributed by atoms with E-state index in [9.17, 15) is 0 Å². The predicted octanol–water partition coefficient (Wildman–Crippen LogP) is 6.20. The second kappa shape index (κ2) is 4.46. The second-order valence-corrected chi connectivity index (χ2v) is 6.49. The topological polar surface area (TPSA) is 15.8 Å². The Kier molecular flexibility index (Phi) is 2.43. The molecule has 2 aromatic heterocycles. The van der Waals surface area contributed by atoms with Crippen molar-refractivity contribution in [2.45, 2.75) is 0 Å². The van der Waals surface area contributed by atoms with Crippen LogP contribution in [0.4, 0.5) is 0 Å². The van der Waals surface area contributed by atoms with Crippen molar-refractivity contribution in [3.05, 3.63) is 72.1 Å². The van der Waals surface area contributed by atoms with Gasteiger partial charge in [-0.25, -0.2) is 0 Å². The summed E-state index contributed by atoms with van der Waals surface area (Å²) in [6.07, 6.45) is 0. The molecule has 104 valence electrons. The van der Waals surface area contributed by atoms with Crippen molar-refractivity contribution in [2.75, 3.05) is 0 Å². The van der Waals surface area contributed by atoms with Crippen LogP contribution in [-0.4, -0.2) is 4.98 Å². The number of aromatic amines is 1. The number of para-hydroxylation sites is 1. The van der Waals surface area contributed by atoms with Gasteiger partial charge in [0.25, 0.3) is 0 Å². The zero-order valence-corrected chi connectivity index (χ0v) is 12.7. The molecule has 0 saturated carbocycles. The van der Waals surface area contributed by atoms with Gasteiger partial charge in [0.1, 0.15) is 0 Å². The third-order valence-electron chi connectivity index (χ3n) is 4.31. The van der Waals surface area contributed by atoms with Gasteiger partial charge in [0.15, 0.2) is 0 Å². The highest BCUT2D eigenvalue weighted by Gasteiger charge is 2.12. The van der Waals surface area contributed by atoms with Gasteiger partial charge in [0.2, 0.25) is 0 Å². The maximum atomic E-state index is 3.60. The van der Waals surface area contributed by atoms with Crippen LogP contribution < -0.4 is 0 Å². The first-order valence-corrected chi connectivity index (χ1v) is 8.26. The summed E-state index contributed by atoms with van der Waals surface area (Å²) in [5.41, 5.74) is 3.76. The van der Waals surface area contributed by atoms with Crippen molar-refractivity contribution in [3.8, 4) is 10.4 Å². The first-order chi connectivity index (χ1) is 10.9. The van der Waals surface area contributed by atoms with Crippen LogP contribution in [0.25, 0.3) is 43.0 Å². The van der Waals surface area contributed by atoms with E-state index in [1.807, 2.05) is 0 Å². The molecular formula is C20H13NS. The van der Waals surface area contributed by atoms with Crippen molar-refractivity contribution >= 4 is 43.9 Å². The van der Waals surface area contributed by atoms with Crippen LogP contribution in [0.15, 0.2) is 72.1 Å². The Morgan fingerprint density at radius 1 is 0.682 bits per heavy atom. The van der Waals surface area contributed by atoms with Crippen LogP contribution >= 0.6 is 11.3 Å². The predicted molar refractivity (Wildman–Crippen MR) is 96.6 cm³/mol. The minimum absolute atomic E-state index is 1.20. The molecule has 2 heteroatoms. The molecule has 3 aromatic carbocycles. The number of hydrogen-bond donors (Lipinski definition) is 1. The Morgan fingerprint density at radius 2 is 1.45 bits per heavy atom. The summed E-state index contributed by atoms with van der Waals surface area (Å²) < 4.78 is 0. The number of H-pyrrole nitrogens is 1. The number of fused-ring (bicyclic) bond motifs is 5. The van der Waals surface area contributed by atoms with Gasteiger partial charge < -0.3 is 4.98 Å². The van der Waals surface area contributed by atoms with Crippen molar-refractivity contribution in [2.24, 2.45) is 0 Å². The molecule has 5 aromatic rings. The van der Waals surface area contributed by atoms with E-state index in [0.717, 1.165) is 0 Å². The summed E-state index contributed by atoms with van der Waals surface area (Å²) in [6, 6.07) is 23.9. The number of benzene rings is 3. The lowest BCUT2D eigenvalue weighted by molar-refractivity contribution is 1.56. The molecule has 5 rings (SSSR count). The molecule has 0 aliphatic carbocycles. The van der Waals surface area contributed by atoms with E-state index in [4.69, 9.17) is 0 Å². The molecule has 0 spiro atoms. The van der Waals surface area contributed by atoms with Gasteiger partial charge in [0, 0.05) is 32.1 Å². The van der Waals surface area contributed by atoms with Crippen LogP contribution in [0, 0.1) is 0 Å². The van der Waals surface area contributed by atoms with E-state index in [1.165, 1.54) is 43.0 Å². The van der Waals surface area contributed by atoms with E-state index in [0.29, 0.717) is 0 Å². The first-order valence-electron chi connectivity index (χ1n) is 7.38. The highest BCUT2D eigenvalue weighted by atomic mass is 32.1. The molecule has 0 fully saturated rings. The number of aromatic nitrogens is 1. The van der Waals surface area contributed by atoms with Gasteiger partial charge in [-0.3, -0.25) is 0 Å². The Balaban J connectivity index is 2.05. The standard InChI is InChI=1S/C20H13NS/c1-2-8-15-13(6-1)16(19-10-5-11-22-19)12-17-14-7-3-4-9-18(14)21-20(15)17/h1-12,21H. The number of hydrogen-bond acceptors (Lipinski definition) is 1. The van der Waals surface area contributed by atoms with Crippen molar-refractivity contribution in [1.82, 2.24) is 4.98 Å². The van der Waals surface area contributed by atoms with E-state index in [-0.39, 0.29) is 0 Å². The fourth-order valence-electron chi connectivity index (χ4n) is 3.32. The minimum atomic E-state index is 1.20. The molecular weight excluding hydrogens is 286 g/mol. The Bertz CT molecular complexity index is 1120. The zero-order valence-electron chi connectivity index (χ0n) is 11.8. The summed E-state index contributed by atoms with van der Waals surface area (Å²) in [5.74, 6) is 0. The van der Waals surface area contributed by atoms with Crippen LogP contribution in [0.3, 0.4) is 0 Å². The maximum absolute atomic E-state index is 3.60. The van der Waals surface area contributed by atoms with Crippen LogP contribution in [-0.2, 0) is 0 Å². The van der Waals surface area contributed by atoms with E-state index >= 15 is 0 Å². The van der Waals surface area contributed by atoms with Gasteiger partial charge >= 0.3 is 0 Å². The monoisotopic (exact) mass is 299 g/mol. The largest absolute Gasteiger partial charge is 0.354 e. The molecule has 0 amide bonds. The van der Waals surface area contributed by atoms with Crippen molar-refractivity contribution < 1.29 is 0 Å². The third kappa shape index (κ3) is 1.59. The first kappa shape index (κ1) is 12.0. The zero-order chi connectivity index (χ0) is 14.5. The number of rotatable bonds is 1. The summed E-state index contributed by atoms with van der Waals surface area (Å²) in [6.45, 7) is 0. The van der Waals surface area contributed by atoms with Gasteiger partial charge in [-0.2, -0.15) is 0 Å². The minimum Gasteiger partial charge on any atom is -0.354 e. The van der Waals surface area contributed by atoms with Crippen LogP contribution in [0.1, 0.15) is 0 Å². The number of thiophene rings is 1. The maximum Gasteiger partial charge on any atom is 0.0544 e. The molecule has 0 aliphatic heterocycles. The highest BCUT2D eigenvalue weighted by molar-refractivity contribution is 7.13. The molecule has 0 unspecified atom stereocenters. The summed E-state index contributed by atoms with van der Waals surface area (Å²) in [5, 5.41) is 7.34. The van der Waals surface area contributed by atoms with Gasteiger partial charge in [-0.15, -0.1) is 11.3 Å². The molecule has 0 saturated heterocycles. The lowest BCUT2D eigenvalue weighted by Gasteiger charge is -2.07. The van der Waals surface area contributed by atoms with Crippen molar-refractivity contribution in [1.29, 1.82) is 0 Å². The fourth-order valence-corrected chi connectivity index (χ4v) is 4.08. The molecule has 0 radical (unpaired) electrons. The lowest BCUT2D eigenvalue weighted by Crippen LogP contribution is -1.81. The van der Waals surface area contributed by atoms with E-state index < -0.39 is 0 Å². The summed E-state index contributed by atoms with van der Waals surface area (Å²) in [7, 11) is 0. The average Bonchev–Trinajstić information content (AvgIpc) is 3.22. The van der Waals surface area contributed by atoms with Crippen LogP contribution in [0.5, 0.6) is 0 Å². The summed E-state index contributed by atoms with van der Waals surface area (Å²) in [4.78, 5) is 4.92. The number of nitrogens with one attached hydrogen (secondary N) is 1. The highest BCUT2D eigenvalue weighted by Crippen LogP contribution is 2.39. The molecule has 0 bridgehead atoms.